The van der Waals surface area contributed by atoms with Gasteiger partial charge < -0.3 is 15.0 Å². The van der Waals surface area contributed by atoms with Crippen LogP contribution in [-0.4, -0.2) is 28.2 Å². The summed E-state index contributed by atoms with van der Waals surface area (Å²) in [6, 6.07) is 4.01. The maximum Gasteiger partial charge on any atom is 0.268 e. The lowest BCUT2D eigenvalue weighted by atomic mass is 10.3. The van der Waals surface area contributed by atoms with Crippen LogP contribution in [0.25, 0.3) is 0 Å². The standard InChI is InChI=1S/C11H16N2O2/c1-8(7-14)12-11(15)10-3-2-6-13(10)9-4-5-9/h2-3,6,8-9,14H,4-5,7H2,1H3,(H,12,15)/t8-/m1/s1. The lowest BCUT2D eigenvalue weighted by Crippen LogP contribution is -2.36. The second kappa shape index (κ2) is 4.06. The molecule has 0 saturated heterocycles. The fourth-order valence-electron chi connectivity index (χ4n) is 1.60. The minimum absolute atomic E-state index is 0.0319. The Labute approximate surface area is 88.9 Å². The Morgan fingerprint density at radius 2 is 2.47 bits per heavy atom. The first-order chi connectivity index (χ1) is 7.22. The van der Waals surface area contributed by atoms with Crippen LogP contribution in [0.2, 0.25) is 0 Å². The van der Waals surface area contributed by atoms with E-state index in [1.165, 1.54) is 0 Å². The third-order valence-electron chi connectivity index (χ3n) is 2.60. The zero-order chi connectivity index (χ0) is 10.8. The molecule has 0 unspecified atom stereocenters. The van der Waals surface area contributed by atoms with Gasteiger partial charge in [-0.3, -0.25) is 4.79 Å². The molecule has 0 aromatic carbocycles. The lowest BCUT2D eigenvalue weighted by Gasteiger charge is -2.12. The first kappa shape index (κ1) is 10.2. The van der Waals surface area contributed by atoms with Gasteiger partial charge in [0.2, 0.25) is 0 Å². The molecule has 1 fully saturated rings. The molecule has 15 heavy (non-hydrogen) atoms. The zero-order valence-corrected chi connectivity index (χ0v) is 8.81. The van der Waals surface area contributed by atoms with E-state index in [0.717, 1.165) is 12.8 Å². The maximum absolute atomic E-state index is 11.8. The molecule has 1 aromatic heterocycles. The van der Waals surface area contributed by atoms with Gasteiger partial charge in [-0.15, -0.1) is 0 Å². The smallest absolute Gasteiger partial charge is 0.268 e. The summed E-state index contributed by atoms with van der Waals surface area (Å²) in [7, 11) is 0. The SMILES string of the molecule is C[C@H](CO)NC(=O)c1cccn1C1CC1. The van der Waals surface area contributed by atoms with Crippen LogP contribution < -0.4 is 5.32 Å². The largest absolute Gasteiger partial charge is 0.394 e. The van der Waals surface area contributed by atoms with Gasteiger partial charge in [0, 0.05) is 18.3 Å². The summed E-state index contributed by atoms with van der Waals surface area (Å²) in [6.07, 6.45) is 4.26. The third kappa shape index (κ3) is 2.21. The molecule has 1 aromatic rings. The maximum atomic E-state index is 11.8. The Bertz CT molecular complexity index is 355. The van der Waals surface area contributed by atoms with Crippen LogP contribution in [0.4, 0.5) is 0 Å². The Morgan fingerprint density at radius 3 is 3.07 bits per heavy atom. The van der Waals surface area contributed by atoms with E-state index >= 15 is 0 Å². The van der Waals surface area contributed by atoms with Crippen LogP contribution in [0, 0.1) is 0 Å². The number of carbonyl (C=O) groups excluding carboxylic acids is 1. The number of aliphatic hydroxyl groups is 1. The van der Waals surface area contributed by atoms with Gasteiger partial charge >= 0.3 is 0 Å². The van der Waals surface area contributed by atoms with Crippen molar-refractivity contribution in [2.24, 2.45) is 0 Å². The highest BCUT2D eigenvalue weighted by Gasteiger charge is 2.26. The fraction of sp³-hybridized carbons (Fsp3) is 0.545. The number of rotatable bonds is 4. The predicted molar refractivity (Wildman–Crippen MR) is 56.7 cm³/mol. The summed E-state index contributed by atoms with van der Waals surface area (Å²) < 4.78 is 2.01. The molecule has 0 bridgehead atoms. The van der Waals surface area contributed by atoms with Crippen molar-refractivity contribution in [1.29, 1.82) is 0 Å². The monoisotopic (exact) mass is 208 g/mol. The summed E-state index contributed by atoms with van der Waals surface area (Å²) in [5.74, 6) is -0.103. The van der Waals surface area contributed by atoms with Crippen molar-refractivity contribution in [3.63, 3.8) is 0 Å². The van der Waals surface area contributed by atoms with Crippen LogP contribution in [-0.2, 0) is 0 Å². The van der Waals surface area contributed by atoms with Gasteiger partial charge in [0.05, 0.1) is 6.61 Å². The van der Waals surface area contributed by atoms with E-state index in [2.05, 4.69) is 5.32 Å². The molecule has 1 amide bonds. The second-order valence-electron chi connectivity index (χ2n) is 4.09. The van der Waals surface area contributed by atoms with E-state index < -0.39 is 0 Å². The van der Waals surface area contributed by atoms with Crippen molar-refractivity contribution in [3.8, 4) is 0 Å². The van der Waals surface area contributed by atoms with E-state index in [1.807, 2.05) is 22.9 Å². The van der Waals surface area contributed by atoms with Crippen molar-refractivity contribution in [1.82, 2.24) is 9.88 Å². The summed E-state index contributed by atoms with van der Waals surface area (Å²) in [6.45, 7) is 1.75. The number of nitrogens with zero attached hydrogens (tertiary/aromatic N) is 1. The molecule has 0 spiro atoms. The molecule has 2 rings (SSSR count). The minimum atomic E-state index is -0.194. The summed E-state index contributed by atoms with van der Waals surface area (Å²) >= 11 is 0. The third-order valence-corrected chi connectivity index (χ3v) is 2.60. The lowest BCUT2D eigenvalue weighted by molar-refractivity contribution is 0.0912. The molecule has 4 nitrogen and oxygen atoms in total. The molecule has 1 aliphatic carbocycles. The number of aromatic nitrogens is 1. The molecule has 1 atom stereocenters. The van der Waals surface area contributed by atoms with Crippen molar-refractivity contribution in [3.05, 3.63) is 24.0 Å². The highest BCUT2D eigenvalue weighted by Crippen LogP contribution is 2.35. The van der Waals surface area contributed by atoms with Crippen LogP contribution in [0.3, 0.4) is 0 Å². The highest BCUT2D eigenvalue weighted by molar-refractivity contribution is 5.93. The topological polar surface area (TPSA) is 54.3 Å². The summed E-state index contributed by atoms with van der Waals surface area (Å²) in [4.78, 5) is 11.8. The Kier molecular flexibility index (Phi) is 2.77. The average Bonchev–Trinajstić information content (AvgIpc) is 2.95. The van der Waals surface area contributed by atoms with Crippen molar-refractivity contribution >= 4 is 5.91 Å². The number of nitrogens with one attached hydrogen (secondary N) is 1. The molecule has 4 heteroatoms. The van der Waals surface area contributed by atoms with Gasteiger partial charge in [-0.25, -0.2) is 0 Å². The summed E-state index contributed by atoms with van der Waals surface area (Å²) in [5, 5.41) is 11.6. The van der Waals surface area contributed by atoms with E-state index in [4.69, 9.17) is 5.11 Å². The minimum Gasteiger partial charge on any atom is -0.394 e. The van der Waals surface area contributed by atoms with Gasteiger partial charge in [0.1, 0.15) is 5.69 Å². The van der Waals surface area contributed by atoms with Gasteiger partial charge in [-0.2, -0.15) is 0 Å². The van der Waals surface area contributed by atoms with Crippen LogP contribution >= 0.6 is 0 Å². The normalized spacial score (nSPS) is 17.5. The highest BCUT2D eigenvalue weighted by atomic mass is 16.3. The van der Waals surface area contributed by atoms with E-state index in [-0.39, 0.29) is 18.6 Å². The number of carbonyl (C=O) groups is 1. The average molecular weight is 208 g/mol. The summed E-state index contributed by atoms with van der Waals surface area (Å²) in [5.41, 5.74) is 0.692. The van der Waals surface area contributed by atoms with E-state index in [1.54, 1.807) is 6.92 Å². The predicted octanol–water partition coefficient (Wildman–Crippen LogP) is 0.934. The second-order valence-corrected chi connectivity index (χ2v) is 4.09. The first-order valence-corrected chi connectivity index (χ1v) is 5.31. The Balaban J connectivity index is 2.07. The molecule has 82 valence electrons. The first-order valence-electron chi connectivity index (χ1n) is 5.31. The van der Waals surface area contributed by atoms with Crippen molar-refractivity contribution in [2.45, 2.75) is 31.8 Å². The van der Waals surface area contributed by atoms with Gasteiger partial charge in [-0.05, 0) is 31.9 Å². The molecule has 1 aliphatic rings. The molecular weight excluding hydrogens is 192 g/mol. The Morgan fingerprint density at radius 1 is 1.73 bits per heavy atom. The van der Waals surface area contributed by atoms with Crippen LogP contribution in [0.5, 0.6) is 0 Å². The van der Waals surface area contributed by atoms with Crippen LogP contribution in [0.1, 0.15) is 36.3 Å². The molecule has 1 saturated carbocycles. The number of amides is 1. The zero-order valence-electron chi connectivity index (χ0n) is 8.81. The molecule has 1 heterocycles. The molecular formula is C11H16N2O2. The number of hydrogen-bond donors (Lipinski definition) is 2. The van der Waals surface area contributed by atoms with Gasteiger partial charge in [0.25, 0.3) is 5.91 Å². The molecule has 0 radical (unpaired) electrons. The van der Waals surface area contributed by atoms with E-state index in [9.17, 15) is 4.79 Å². The molecule has 0 aliphatic heterocycles. The Hall–Kier alpha value is -1.29. The quantitative estimate of drug-likeness (QED) is 0.773. The number of hydrogen-bond acceptors (Lipinski definition) is 2. The van der Waals surface area contributed by atoms with Crippen molar-refractivity contribution < 1.29 is 9.90 Å². The molecule has 2 N–H and O–H groups in total. The van der Waals surface area contributed by atoms with Gasteiger partial charge in [0.15, 0.2) is 0 Å². The van der Waals surface area contributed by atoms with E-state index in [0.29, 0.717) is 11.7 Å². The van der Waals surface area contributed by atoms with Crippen molar-refractivity contribution in [2.75, 3.05) is 6.61 Å². The van der Waals surface area contributed by atoms with Gasteiger partial charge in [-0.1, -0.05) is 0 Å². The fourth-order valence-corrected chi connectivity index (χ4v) is 1.60. The number of aliphatic hydroxyl groups excluding tert-OH is 1. The van der Waals surface area contributed by atoms with Crippen LogP contribution in [0.15, 0.2) is 18.3 Å².